The van der Waals surface area contributed by atoms with Gasteiger partial charge in [-0.25, -0.2) is 4.79 Å². The number of cyclic esters (lactones) is 1. The molecule has 0 amide bonds. The molecule has 9 heteroatoms. The fourth-order valence-corrected chi connectivity index (χ4v) is 7.70. The van der Waals surface area contributed by atoms with Crippen molar-refractivity contribution in [1.82, 2.24) is 0 Å². The number of allylic oxidation sites excluding steroid dienone is 3. The van der Waals surface area contributed by atoms with E-state index in [1.807, 2.05) is 19.9 Å². The van der Waals surface area contributed by atoms with Crippen LogP contribution in [0.25, 0.3) is 0 Å². The maximum Gasteiger partial charge on any atom is 0.336 e. The molecule has 7 unspecified atom stereocenters. The Kier molecular flexibility index (Phi) is 5.04. The lowest BCUT2D eigenvalue weighted by molar-refractivity contribution is -0.337. The number of fused-ring (bicyclic) bond motifs is 2. The van der Waals surface area contributed by atoms with E-state index in [-0.39, 0.29) is 18.0 Å². The van der Waals surface area contributed by atoms with Crippen LogP contribution in [0.3, 0.4) is 0 Å². The number of aliphatic hydroxyl groups excluding tert-OH is 1. The van der Waals surface area contributed by atoms with Crippen molar-refractivity contribution in [3.63, 3.8) is 0 Å². The van der Waals surface area contributed by atoms with Crippen LogP contribution in [-0.2, 0) is 28.6 Å². The quantitative estimate of drug-likeness (QED) is 0.475. The molecule has 36 heavy (non-hydrogen) atoms. The zero-order valence-corrected chi connectivity index (χ0v) is 21.3. The maximum atomic E-state index is 13.2. The van der Waals surface area contributed by atoms with Crippen LogP contribution in [0.1, 0.15) is 59.1 Å². The van der Waals surface area contributed by atoms with Gasteiger partial charge in [-0.05, 0) is 30.9 Å². The van der Waals surface area contributed by atoms with Gasteiger partial charge in [0, 0.05) is 29.4 Å². The van der Waals surface area contributed by atoms with Crippen molar-refractivity contribution in [1.29, 1.82) is 0 Å². The van der Waals surface area contributed by atoms with Crippen LogP contribution < -0.4 is 0 Å². The van der Waals surface area contributed by atoms with Crippen molar-refractivity contribution in [3.05, 3.63) is 47.6 Å². The summed E-state index contributed by atoms with van der Waals surface area (Å²) in [6, 6.07) is 1.68. The Labute approximate surface area is 209 Å². The fourth-order valence-electron chi connectivity index (χ4n) is 7.70. The molecular formula is C27H32O9. The Balaban J connectivity index is 1.79. The van der Waals surface area contributed by atoms with Gasteiger partial charge in [0.25, 0.3) is 0 Å². The number of furan rings is 1. The van der Waals surface area contributed by atoms with Crippen molar-refractivity contribution in [3.8, 4) is 0 Å². The third-order valence-electron chi connectivity index (χ3n) is 9.52. The Morgan fingerprint density at radius 3 is 2.50 bits per heavy atom. The van der Waals surface area contributed by atoms with Crippen LogP contribution in [-0.4, -0.2) is 46.9 Å². The minimum atomic E-state index is -2.10. The summed E-state index contributed by atoms with van der Waals surface area (Å²) in [6.07, 6.45) is 3.79. The molecule has 0 aromatic carbocycles. The molecule has 194 valence electrons. The molecule has 1 aromatic heterocycles. The highest BCUT2D eigenvalue weighted by molar-refractivity contribution is 5.97. The summed E-state index contributed by atoms with van der Waals surface area (Å²) < 4.78 is 22.2. The third-order valence-corrected chi connectivity index (χ3v) is 9.52. The minimum absolute atomic E-state index is 0.107. The maximum absolute atomic E-state index is 13.2. The number of carbonyl (C=O) groups excluding carboxylic acids is 3. The minimum Gasteiger partial charge on any atom is -0.472 e. The lowest BCUT2D eigenvalue weighted by atomic mass is 9.43. The molecule has 9 nitrogen and oxygen atoms in total. The van der Waals surface area contributed by atoms with Gasteiger partial charge in [-0.3, -0.25) is 9.59 Å². The Morgan fingerprint density at radius 1 is 1.19 bits per heavy atom. The van der Waals surface area contributed by atoms with Gasteiger partial charge in [-0.1, -0.05) is 26.8 Å². The summed E-state index contributed by atoms with van der Waals surface area (Å²) in [4.78, 5) is 39.0. The number of carbonyl (C=O) groups is 3. The van der Waals surface area contributed by atoms with Gasteiger partial charge in [-0.15, -0.1) is 0 Å². The summed E-state index contributed by atoms with van der Waals surface area (Å²) in [5.74, 6) is -4.22. The third kappa shape index (κ3) is 2.65. The van der Waals surface area contributed by atoms with Gasteiger partial charge < -0.3 is 28.8 Å². The molecule has 2 N–H and O–H groups in total. The summed E-state index contributed by atoms with van der Waals surface area (Å²) in [7, 11) is 1.28. The van der Waals surface area contributed by atoms with E-state index in [1.54, 1.807) is 19.9 Å². The first-order valence-electron chi connectivity index (χ1n) is 12.1. The van der Waals surface area contributed by atoms with E-state index >= 15 is 0 Å². The summed E-state index contributed by atoms with van der Waals surface area (Å²) in [5.41, 5.74) is -3.71. The number of esters is 2. The van der Waals surface area contributed by atoms with E-state index in [1.165, 1.54) is 32.6 Å². The van der Waals surface area contributed by atoms with E-state index in [9.17, 15) is 24.6 Å². The Hall–Kier alpha value is -2.91. The molecule has 2 aliphatic heterocycles. The van der Waals surface area contributed by atoms with Gasteiger partial charge in [0.1, 0.15) is 17.3 Å². The zero-order valence-electron chi connectivity index (χ0n) is 21.3. The van der Waals surface area contributed by atoms with E-state index in [0.29, 0.717) is 17.6 Å². The van der Waals surface area contributed by atoms with Crippen molar-refractivity contribution >= 4 is 17.7 Å². The van der Waals surface area contributed by atoms with Gasteiger partial charge in [0.15, 0.2) is 11.9 Å². The normalized spacial score (nSPS) is 42.7. The molecular weight excluding hydrogens is 468 g/mol. The molecule has 5 rings (SSSR count). The predicted molar refractivity (Wildman–Crippen MR) is 124 cm³/mol. The second-order valence-corrected chi connectivity index (χ2v) is 11.5. The van der Waals surface area contributed by atoms with Crippen molar-refractivity contribution in [2.45, 2.75) is 65.5 Å². The highest BCUT2D eigenvalue weighted by atomic mass is 16.6. The topological polar surface area (TPSA) is 132 Å². The van der Waals surface area contributed by atoms with Crippen LogP contribution in [0.2, 0.25) is 0 Å². The number of hydrogen-bond acceptors (Lipinski definition) is 9. The molecule has 2 saturated heterocycles. The number of aliphatic hydroxyl groups is 2. The molecule has 1 aromatic rings. The van der Waals surface area contributed by atoms with Gasteiger partial charge in [0.2, 0.25) is 5.79 Å². The molecule has 4 aliphatic rings. The Bertz CT molecular complexity index is 1210. The zero-order chi connectivity index (χ0) is 26.5. The summed E-state index contributed by atoms with van der Waals surface area (Å²) in [5, 5.41) is 23.6. The van der Waals surface area contributed by atoms with Gasteiger partial charge in [0.05, 0.1) is 31.5 Å². The smallest absolute Gasteiger partial charge is 0.336 e. The van der Waals surface area contributed by atoms with E-state index < -0.39 is 57.5 Å². The van der Waals surface area contributed by atoms with E-state index in [2.05, 4.69) is 0 Å². The first-order valence-corrected chi connectivity index (χ1v) is 12.1. The van der Waals surface area contributed by atoms with Crippen LogP contribution in [0.4, 0.5) is 0 Å². The standard InChI is InChI=1S/C27H32O9/c1-23(2)16(11-19(29)33-6)25(4)15-7-9-24(3)21(14-8-10-34-13-14)35-22(31)20(30)27(15,24)26(5,32)36-18(25)12-17(23)28/h7-8,10,12-13,16,20-21,30,32H,9,11H2,1-6H3. The monoisotopic (exact) mass is 500 g/mol. The van der Waals surface area contributed by atoms with E-state index in [0.717, 1.165) is 0 Å². The molecule has 2 aliphatic carbocycles. The van der Waals surface area contributed by atoms with Crippen LogP contribution in [0.15, 0.2) is 46.5 Å². The van der Waals surface area contributed by atoms with Crippen molar-refractivity contribution < 1.29 is 43.2 Å². The molecule has 0 saturated carbocycles. The number of ether oxygens (including phenoxy) is 3. The largest absolute Gasteiger partial charge is 0.472 e. The first-order chi connectivity index (χ1) is 16.7. The highest BCUT2D eigenvalue weighted by Crippen LogP contribution is 2.76. The number of ketones is 1. The average molecular weight is 501 g/mol. The predicted octanol–water partition coefficient (Wildman–Crippen LogP) is 2.98. The lowest BCUT2D eigenvalue weighted by Crippen LogP contribution is -2.73. The lowest BCUT2D eigenvalue weighted by Gasteiger charge is -2.66. The number of methoxy groups -OCH3 is 1. The summed E-state index contributed by atoms with van der Waals surface area (Å²) >= 11 is 0. The molecule has 0 bridgehead atoms. The summed E-state index contributed by atoms with van der Waals surface area (Å²) in [6.45, 7) is 8.60. The SMILES string of the molecule is COC(=O)CC1C(C)(C)C(=O)C=C2OC(C)(O)C34C(=CCC3(C)C(c3ccoc3)OC(=O)C4O)C21C. The fraction of sp³-hybridized carbons (Fsp3) is 0.593. The average Bonchev–Trinajstić information content (AvgIpc) is 3.44. The molecule has 3 heterocycles. The molecule has 1 spiro atoms. The second-order valence-electron chi connectivity index (χ2n) is 11.5. The number of rotatable bonds is 3. The first kappa shape index (κ1) is 24.8. The van der Waals surface area contributed by atoms with Crippen LogP contribution in [0.5, 0.6) is 0 Å². The Morgan fingerprint density at radius 2 is 1.89 bits per heavy atom. The highest BCUT2D eigenvalue weighted by Gasteiger charge is 2.81. The molecule has 7 atom stereocenters. The molecule has 0 radical (unpaired) electrons. The van der Waals surface area contributed by atoms with Gasteiger partial charge >= 0.3 is 11.9 Å². The van der Waals surface area contributed by atoms with Crippen LogP contribution >= 0.6 is 0 Å². The van der Waals surface area contributed by atoms with Crippen molar-refractivity contribution in [2.24, 2.45) is 27.6 Å². The van der Waals surface area contributed by atoms with Gasteiger partial charge in [-0.2, -0.15) is 0 Å². The van der Waals surface area contributed by atoms with Crippen molar-refractivity contribution in [2.75, 3.05) is 7.11 Å². The second kappa shape index (κ2) is 7.32. The van der Waals surface area contributed by atoms with E-state index in [4.69, 9.17) is 18.6 Å². The number of hydrogen-bond donors (Lipinski definition) is 2. The van der Waals surface area contributed by atoms with Crippen LogP contribution in [0, 0.1) is 27.6 Å². The molecule has 2 fully saturated rings.